The summed E-state index contributed by atoms with van der Waals surface area (Å²) >= 11 is 0. The van der Waals surface area contributed by atoms with Crippen molar-refractivity contribution in [3.63, 3.8) is 0 Å². The van der Waals surface area contributed by atoms with Gasteiger partial charge in [0.05, 0.1) is 6.10 Å². The topological polar surface area (TPSA) is 87.7 Å². The van der Waals surface area contributed by atoms with E-state index in [1.807, 2.05) is 38.9 Å². The Morgan fingerprint density at radius 3 is 2.65 bits per heavy atom. The van der Waals surface area contributed by atoms with Crippen molar-refractivity contribution in [1.82, 2.24) is 15.5 Å². The predicted molar refractivity (Wildman–Crippen MR) is 91.8 cm³/mol. The number of carbonyl (C=O) groups is 3. The SMILES string of the molecule is CC(C)OC1=[C-]C(C(=O)NC2CCC(=O)NC2=O)=CCC(N(C)C)=C1.[W]. The van der Waals surface area contributed by atoms with E-state index in [-0.39, 0.29) is 39.5 Å². The fraction of sp³-hybridized carbons (Fsp3) is 0.500. The molecule has 1 aliphatic heterocycles. The quantitative estimate of drug-likeness (QED) is 0.406. The van der Waals surface area contributed by atoms with Gasteiger partial charge in [0.25, 0.3) is 0 Å². The molecule has 8 heteroatoms. The van der Waals surface area contributed by atoms with Crippen LogP contribution in [-0.4, -0.2) is 48.9 Å². The molecule has 1 fully saturated rings. The van der Waals surface area contributed by atoms with Crippen molar-refractivity contribution < 1.29 is 40.2 Å². The van der Waals surface area contributed by atoms with Crippen LogP contribution in [0.3, 0.4) is 0 Å². The molecule has 1 saturated heterocycles. The van der Waals surface area contributed by atoms with Gasteiger partial charge in [0, 0.05) is 47.3 Å². The van der Waals surface area contributed by atoms with E-state index in [4.69, 9.17) is 4.74 Å². The van der Waals surface area contributed by atoms with Crippen molar-refractivity contribution in [1.29, 1.82) is 0 Å². The largest absolute Gasteiger partial charge is 0.510 e. The van der Waals surface area contributed by atoms with Crippen LogP contribution in [-0.2, 0) is 40.2 Å². The molecule has 1 unspecified atom stereocenters. The minimum absolute atomic E-state index is 0. The Balaban J connectivity index is 0.00000338. The van der Waals surface area contributed by atoms with Crippen LogP contribution in [0.5, 0.6) is 0 Å². The van der Waals surface area contributed by atoms with Gasteiger partial charge in [-0.1, -0.05) is 17.7 Å². The average molecular weight is 530 g/mol. The third kappa shape index (κ3) is 6.13. The summed E-state index contributed by atoms with van der Waals surface area (Å²) in [5.74, 6) is -0.731. The number of nitrogens with one attached hydrogen (secondary N) is 2. The molecule has 2 N–H and O–H groups in total. The van der Waals surface area contributed by atoms with Gasteiger partial charge in [-0.25, -0.2) is 0 Å². The van der Waals surface area contributed by atoms with Crippen molar-refractivity contribution in [3.05, 3.63) is 35.3 Å². The summed E-state index contributed by atoms with van der Waals surface area (Å²) in [6.45, 7) is 3.80. The third-order valence-corrected chi connectivity index (χ3v) is 3.80. The average Bonchev–Trinajstić information content (AvgIpc) is 2.72. The van der Waals surface area contributed by atoms with E-state index < -0.39 is 17.9 Å². The molecule has 0 radical (unpaired) electrons. The number of nitrogens with zero attached hydrogens (tertiary/aromatic N) is 1. The molecule has 26 heavy (non-hydrogen) atoms. The number of imide groups is 1. The molecule has 0 aromatic rings. The van der Waals surface area contributed by atoms with Crippen LogP contribution >= 0.6 is 0 Å². The summed E-state index contributed by atoms with van der Waals surface area (Å²) in [6, 6.07) is -0.716. The van der Waals surface area contributed by atoms with Crippen molar-refractivity contribution >= 4 is 17.7 Å². The maximum atomic E-state index is 12.5. The minimum atomic E-state index is -0.716. The Labute approximate surface area is 168 Å². The van der Waals surface area contributed by atoms with Crippen molar-refractivity contribution in [2.24, 2.45) is 0 Å². The molecule has 0 aromatic carbocycles. The molecular weight excluding hydrogens is 506 g/mol. The van der Waals surface area contributed by atoms with Crippen molar-refractivity contribution in [3.8, 4) is 0 Å². The number of amides is 3. The third-order valence-electron chi connectivity index (χ3n) is 3.80. The van der Waals surface area contributed by atoms with Crippen molar-refractivity contribution in [2.75, 3.05) is 14.1 Å². The fourth-order valence-corrected chi connectivity index (χ4v) is 2.48. The molecular formula is C18H24N3O4W-. The van der Waals surface area contributed by atoms with Crippen LogP contribution in [0.2, 0.25) is 0 Å². The van der Waals surface area contributed by atoms with Crippen LogP contribution in [0.1, 0.15) is 33.1 Å². The Bertz CT molecular complexity index is 665. The molecule has 0 aromatic heterocycles. The second-order valence-corrected chi connectivity index (χ2v) is 6.49. The van der Waals surface area contributed by atoms with E-state index in [0.717, 1.165) is 5.70 Å². The molecule has 1 atom stereocenters. The van der Waals surface area contributed by atoms with Gasteiger partial charge in [0.2, 0.25) is 11.8 Å². The zero-order valence-electron chi connectivity index (χ0n) is 15.4. The zero-order chi connectivity index (χ0) is 18.6. The first-order valence-electron chi connectivity index (χ1n) is 8.29. The Morgan fingerprint density at radius 1 is 1.38 bits per heavy atom. The van der Waals surface area contributed by atoms with Crippen molar-refractivity contribution in [2.45, 2.75) is 45.3 Å². The van der Waals surface area contributed by atoms with Crippen LogP contribution < -0.4 is 10.6 Å². The van der Waals surface area contributed by atoms with Gasteiger partial charge in [-0.15, -0.1) is 6.08 Å². The molecule has 2 rings (SSSR count). The first-order valence-corrected chi connectivity index (χ1v) is 8.29. The summed E-state index contributed by atoms with van der Waals surface area (Å²) in [6.07, 6.45) is 7.59. The molecule has 7 nitrogen and oxygen atoms in total. The van der Waals surface area contributed by atoms with E-state index >= 15 is 0 Å². The summed E-state index contributed by atoms with van der Waals surface area (Å²) in [5.41, 5.74) is 1.29. The van der Waals surface area contributed by atoms with Gasteiger partial charge in [-0.2, -0.15) is 0 Å². The summed E-state index contributed by atoms with van der Waals surface area (Å²) in [7, 11) is 3.84. The van der Waals surface area contributed by atoms with E-state index in [2.05, 4.69) is 16.7 Å². The molecule has 3 amide bonds. The first kappa shape index (κ1) is 22.2. The normalized spacial score (nSPS) is 20.0. The molecule has 1 aliphatic carbocycles. The van der Waals surface area contributed by atoms with Gasteiger partial charge in [0.15, 0.2) is 5.91 Å². The molecule has 0 spiro atoms. The van der Waals surface area contributed by atoms with E-state index in [1.54, 1.807) is 6.08 Å². The van der Waals surface area contributed by atoms with E-state index in [9.17, 15) is 14.4 Å². The zero-order valence-corrected chi connectivity index (χ0v) is 18.4. The smallest absolute Gasteiger partial charge is 0.248 e. The predicted octanol–water partition coefficient (Wildman–Crippen LogP) is 0.793. The standard InChI is InChI=1S/C18H24N3O4.W/c1-11(2)25-14-9-12(5-6-13(10-14)21(3)4)17(23)19-15-7-8-16(22)20-18(15)24;/h5,10-11,15H,6-8H2,1-4H3,(H,19,23)(H,20,22,24);/q-1;. The van der Waals surface area contributed by atoms with Gasteiger partial charge >= 0.3 is 0 Å². The van der Waals surface area contributed by atoms with E-state index in [1.165, 1.54) is 0 Å². The molecule has 0 saturated carbocycles. The number of piperidine rings is 1. The summed E-state index contributed by atoms with van der Waals surface area (Å²) in [5, 5.41) is 4.89. The number of ether oxygens (including phenoxy) is 1. The Hall–Kier alpha value is -1.88. The maximum Gasteiger partial charge on any atom is 0.248 e. The van der Waals surface area contributed by atoms with E-state index in [0.29, 0.717) is 24.2 Å². The van der Waals surface area contributed by atoms with Crippen LogP contribution in [0.4, 0.5) is 0 Å². The first-order chi connectivity index (χ1) is 11.8. The second-order valence-electron chi connectivity index (χ2n) is 6.49. The summed E-state index contributed by atoms with van der Waals surface area (Å²) < 4.78 is 5.71. The Morgan fingerprint density at radius 2 is 2.08 bits per heavy atom. The second kappa shape index (κ2) is 9.72. The minimum Gasteiger partial charge on any atom is -0.510 e. The van der Waals surface area contributed by atoms with Gasteiger partial charge in [-0.3, -0.25) is 14.9 Å². The van der Waals surface area contributed by atoms with Crippen LogP contribution in [0.25, 0.3) is 0 Å². The number of hydrogen-bond acceptors (Lipinski definition) is 5. The maximum absolute atomic E-state index is 12.5. The number of allylic oxidation sites excluding steroid dienone is 2. The Kier molecular flexibility index (Phi) is 8.28. The number of hydrogen-bond donors (Lipinski definition) is 2. The summed E-state index contributed by atoms with van der Waals surface area (Å²) in [4.78, 5) is 37.5. The fourth-order valence-electron chi connectivity index (χ4n) is 2.48. The molecule has 1 heterocycles. The number of carbonyl (C=O) groups excluding carboxylic acids is 3. The molecule has 142 valence electrons. The van der Waals surface area contributed by atoms with Gasteiger partial charge in [0.1, 0.15) is 6.04 Å². The van der Waals surface area contributed by atoms with Gasteiger partial charge < -0.3 is 19.7 Å². The monoisotopic (exact) mass is 530 g/mol. The number of rotatable bonds is 5. The molecule has 0 bridgehead atoms. The molecule has 2 aliphatic rings. The van der Waals surface area contributed by atoms with Crippen LogP contribution in [0, 0.1) is 6.08 Å². The van der Waals surface area contributed by atoms with Crippen LogP contribution in [0.15, 0.2) is 29.2 Å². The van der Waals surface area contributed by atoms with Gasteiger partial charge in [-0.05, 0) is 32.4 Å².